The van der Waals surface area contributed by atoms with Crippen LogP contribution in [0.5, 0.6) is 0 Å². The van der Waals surface area contributed by atoms with Gasteiger partial charge in [-0.1, -0.05) is 38.5 Å². The molecule has 5 N–H and O–H groups in total. The quantitative estimate of drug-likeness (QED) is 0.129. The van der Waals surface area contributed by atoms with E-state index in [1.165, 1.54) is 55.1 Å². The lowest BCUT2D eigenvalue weighted by Gasteiger charge is -2.35. The van der Waals surface area contributed by atoms with Crippen LogP contribution in [0, 0.1) is 0 Å². The highest BCUT2D eigenvalue weighted by molar-refractivity contribution is 7.89. The molecule has 0 unspecified atom stereocenters. The fourth-order valence-electron chi connectivity index (χ4n) is 7.42. The second kappa shape index (κ2) is 17.6. The zero-order chi connectivity index (χ0) is 41.1. The van der Waals surface area contributed by atoms with Crippen molar-refractivity contribution in [2.45, 2.75) is 98.2 Å². The number of hydrogen-bond donors (Lipinski definition) is 5. The Bertz CT molecular complexity index is 2380. The number of tetrazole rings is 2. The smallest absolute Gasteiger partial charge is 0.240 e. The summed E-state index contributed by atoms with van der Waals surface area (Å²) in [6.45, 7) is 2.21. The molecule has 316 valence electrons. The number of nitrogens with zero attached hydrogens (tertiary/aromatic N) is 9. The lowest BCUT2D eigenvalue weighted by atomic mass is 9.95. The minimum Gasteiger partial charge on any atom is -0.382 e. The third kappa shape index (κ3) is 9.66. The van der Waals surface area contributed by atoms with Gasteiger partial charge in [-0.2, -0.15) is 13.9 Å². The SMILES string of the molecule is CNS(=O)(=O)c1ccc(NC2CCCCC2)c(-c2nnn(C3CN(S(C)(=O)=O)C3)n2)c1.CNS(=O)(=O)c1ccc(NC2CCCCC2)c(-c2nnn(C3CNC3)n2)c1. The van der Waals surface area contributed by atoms with Crippen LogP contribution in [0.2, 0.25) is 0 Å². The molecule has 4 aromatic rings. The summed E-state index contributed by atoms with van der Waals surface area (Å²) >= 11 is 0. The summed E-state index contributed by atoms with van der Waals surface area (Å²) in [5.74, 6) is 0.734. The maximum absolute atomic E-state index is 12.3. The molecule has 4 aliphatic rings. The molecule has 0 radical (unpaired) electrons. The van der Waals surface area contributed by atoms with Gasteiger partial charge in [-0.05, 0) is 86.6 Å². The average Bonchev–Trinajstić information content (AvgIpc) is 3.85. The van der Waals surface area contributed by atoms with Crippen molar-refractivity contribution in [1.82, 2.24) is 59.5 Å². The van der Waals surface area contributed by atoms with Gasteiger partial charge in [0.25, 0.3) is 0 Å². The van der Waals surface area contributed by atoms with E-state index in [4.69, 9.17) is 0 Å². The van der Waals surface area contributed by atoms with Gasteiger partial charge < -0.3 is 16.0 Å². The summed E-state index contributed by atoms with van der Waals surface area (Å²) in [6.07, 6.45) is 12.7. The van der Waals surface area contributed by atoms with Crippen molar-refractivity contribution in [2.75, 3.05) is 57.2 Å². The predicted molar refractivity (Wildman–Crippen MR) is 217 cm³/mol. The van der Waals surface area contributed by atoms with E-state index in [-0.39, 0.29) is 35.0 Å². The van der Waals surface area contributed by atoms with Gasteiger partial charge in [0.15, 0.2) is 0 Å². The standard InChI is InChI=1S/C18H27N7O4S2.C17H25N7O2S/c1-19-31(28,29)15-8-9-17(20-13-6-4-3-5-7-13)16(10-15)18-21-23-25(22-18)14-11-24(12-14)30(2,26)27;1-18-27(25,26)14-7-8-16(20-12-5-3-2-4-6-12)15(9-14)17-21-23-24(22-17)13-10-19-11-13/h8-10,13-14,19-20H,3-7,11-12H2,1-2H3;7-9,12-13,18-20H,2-6,10-11H2,1H3. The van der Waals surface area contributed by atoms with E-state index >= 15 is 0 Å². The van der Waals surface area contributed by atoms with Crippen molar-refractivity contribution in [2.24, 2.45) is 0 Å². The molecule has 2 saturated carbocycles. The van der Waals surface area contributed by atoms with E-state index in [2.05, 4.69) is 56.2 Å². The van der Waals surface area contributed by atoms with Crippen molar-refractivity contribution in [3.05, 3.63) is 36.4 Å². The highest BCUT2D eigenvalue weighted by Gasteiger charge is 2.36. The summed E-state index contributed by atoms with van der Waals surface area (Å²) in [5.41, 5.74) is 2.82. The topological polar surface area (TPSA) is 253 Å². The highest BCUT2D eigenvalue weighted by atomic mass is 32.2. The van der Waals surface area contributed by atoms with E-state index < -0.39 is 30.1 Å². The van der Waals surface area contributed by atoms with Crippen LogP contribution < -0.4 is 25.4 Å². The maximum atomic E-state index is 12.3. The normalized spacial score (nSPS) is 19.2. The first-order valence-electron chi connectivity index (χ1n) is 19.7. The third-order valence-electron chi connectivity index (χ3n) is 11.1. The van der Waals surface area contributed by atoms with Crippen molar-refractivity contribution >= 4 is 41.4 Å². The predicted octanol–water partition coefficient (Wildman–Crippen LogP) is 1.95. The van der Waals surface area contributed by atoms with Gasteiger partial charge in [-0.15, -0.1) is 20.4 Å². The Labute approximate surface area is 339 Å². The number of benzene rings is 2. The first kappa shape index (κ1) is 42.0. The molecule has 2 saturated heterocycles. The molecule has 0 spiro atoms. The molecule has 2 aliphatic carbocycles. The second-order valence-corrected chi connectivity index (χ2v) is 21.0. The van der Waals surface area contributed by atoms with Gasteiger partial charge in [-0.3, -0.25) is 0 Å². The Balaban J connectivity index is 0.000000178. The van der Waals surface area contributed by atoms with Gasteiger partial charge in [0.05, 0.1) is 22.1 Å². The molecule has 23 heteroatoms. The monoisotopic (exact) mass is 860 g/mol. The average molecular weight is 861 g/mol. The first-order chi connectivity index (χ1) is 27.7. The van der Waals surface area contributed by atoms with Gasteiger partial charge in [0.1, 0.15) is 6.04 Å². The second-order valence-electron chi connectivity index (χ2n) is 15.2. The van der Waals surface area contributed by atoms with Gasteiger partial charge in [0, 0.05) is 60.8 Å². The van der Waals surface area contributed by atoms with Crippen LogP contribution in [0.25, 0.3) is 22.8 Å². The molecule has 58 heavy (non-hydrogen) atoms. The van der Waals surface area contributed by atoms with Gasteiger partial charge >= 0.3 is 0 Å². The lowest BCUT2D eigenvalue weighted by molar-refractivity contribution is 0.174. The molecular formula is C35H52N14O6S3. The van der Waals surface area contributed by atoms with Crippen LogP contribution in [0.15, 0.2) is 46.2 Å². The molecule has 2 aromatic heterocycles. The fourth-order valence-corrected chi connectivity index (χ4v) is 9.82. The summed E-state index contributed by atoms with van der Waals surface area (Å²) in [6, 6.07) is 10.6. The highest BCUT2D eigenvalue weighted by Crippen LogP contribution is 2.33. The van der Waals surface area contributed by atoms with Crippen molar-refractivity contribution in [3.8, 4) is 22.8 Å². The zero-order valence-corrected chi connectivity index (χ0v) is 35.3. The zero-order valence-electron chi connectivity index (χ0n) is 32.9. The Morgan fingerprint density at radius 2 is 1.05 bits per heavy atom. The number of anilines is 2. The van der Waals surface area contributed by atoms with E-state index in [0.29, 0.717) is 34.9 Å². The minimum absolute atomic E-state index is 0.113. The Kier molecular flexibility index (Phi) is 12.8. The number of aromatic nitrogens is 8. The Morgan fingerprint density at radius 1 is 0.621 bits per heavy atom. The molecule has 4 fully saturated rings. The molecule has 4 heterocycles. The first-order valence-corrected chi connectivity index (χ1v) is 24.5. The van der Waals surface area contributed by atoms with Crippen LogP contribution in [0.3, 0.4) is 0 Å². The minimum atomic E-state index is -3.64. The summed E-state index contributed by atoms with van der Waals surface area (Å²) in [7, 11) is -7.66. The molecular weight excluding hydrogens is 809 g/mol. The molecule has 2 aliphatic heterocycles. The van der Waals surface area contributed by atoms with Crippen LogP contribution in [0.1, 0.15) is 76.3 Å². The Hall–Kier alpha value is -4.13. The molecule has 20 nitrogen and oxygen atoms in total. The lowest BCUT2D eigenvalue weighted by Crippen LogP contribution is -2.50. The molecule has 0 bridgehead atoms. The van der Waals surface area contributed by atoms with Gasteiger partial charge in [-0.25, -0.2) is 34.7 Å². The summed E-state index contributed by atoms with van der Waals surface area (Å²) in [4.78, 5) is 3.31. The number of sulfonamides is 3. The number of rotatable bonds is 13. The van der Waals surface area contributed by atoms with E-state index in [0.717, 1.165) is 63.0 Å². The van der Waals surface area contributed by atoms with Crippen LogP contribution in [-0.4, -0.2) is 129 Å². The van der Waals surface area contributed by atoms with E-state index in [9.17, 15) is 25.3 Å². The fraction of sp³-hybridized carbons (Fsp3) is 0.600. The molecule has 0 amide bonds. The van der Waals surface area contributed by atoms with E-state index in [1.807, 2.05) is 0 Å². The van der Waals surface area contributed by atoms with Gasteiger partial charge in [0.2, 0.25) is 41.7 Å². The van der Waals surface area contributed by atoms with Crippen LogP contribution in [-0.2, 0) is 30.1 Å². The molecule has 8 rings (SSSR count). The summed E-state index contributed by atoms with van der Waals surface area (Å²) in [5, 5.41) is 35.8. The number of nitrogens with one attached hydrogen (secondary N) is 5. The van der Waals surface area contributed by atoms with Crippen molar-refractivity contribution in [3.63, 3.8) is 0 Å². The van der Waals surface area contributed by atoms with E-state index in [1.54, 1.807) is 41.2 Å². The van der Waals surface area contributed by atoms with Crippen LogP contribution in [0.4, 0.5) is 11.4 Å². The van der Waals surface area contributed by atoms with Crippen molar-refractivity contribution in [1.29, 1.82) is 0 Å². The van der Waals surface area contributed by atoms with Crippen molar-refractivity contribution < 1.29 is 25.3 Å². The molecule has 0 atom stereocenters. The molecule has 2 aromatic carbocycles. The number of hydrogen-bond acceptors (Lipinski definition) is 15. The van der Waals surface area contributed by atoms with Crippen LogP contribution >= 0.6 is 0 Å². The third-order valence-corrected chi connectivity index (χ3v) is 15.2. The largest absolute Gasteiger partial charge is 0.382 e. The Morgan fingerprint density at radius 3 is 1.43 bits per heavy atom. The maximum Gasteiger partial charge on any atom is 0.240 e. The summed E-state index contributed by atoms with van der Waals surface area (Å²) < 4.78 is 78.4.